The summed E-state index contributed by atoms with van der Waals surface area (Å²) in [6.45, 7) is 0.754. The topological polar surface area (TPSA) is 66.9 Å². The zero-order valence-corrected chi connectivity index (χ0v) is 16.2. The largest absolute Gasteiger partial charge is 0.497 e. The maximum absolute atomic E-state index is 13.4. The van der Waals surface area contributed by atoms with Crippen molar-refractivity contribution in [1.82, 2.24) is 4.90 Å². The summed E-state index contributed by atoms with van der Waals surface area (Å²) >= 11 is 0. The fraction of sp³-hybridized carbons (Fsp3) is 0.348. The van der Waals surface area contributed by atoms with Gasteiger partial charge in [-0.05, 0) is 43.7 Å². The summed E-state index contributed by atoms with van der Waals surface area (Å²) in [5.74, 6) is -0.943. The molecule has 3 aliphatic heterocycles. The van der Waals surface area contributed by atoms with Crippen molar-refractivity contribution in [1.29, 1.82) is 0 Å². The van der Waals surface area contributed by atoms with Crippen molar-refractivity contribution in [2.24, 2.45) is 11.8 Å². The Kier molecular flexibility index (Phi) is 4.24. The van der Waals surface area contributed by atoms with Gasteiger partial charge in [-0.2, -0.15) is 0 Å². The summed E-state index contributed by atoms with van der Waals surface area (Å²) in [5, 5.41) is 0. The number of carbonyl (C=O) groups is 3. The molecular weight excluding hydrogens is 368 g/mol. The van der Waals surface area contributed by atoms with E-state index in [-0.39, 0.29) is 23.6 Å². The molecule has 6 heteroatoms. The summed E-state index contributed by atoms with van der Waals surface area (Å²) in [7, 11) is 1.57. The molecule has 0 saturated carbocycles. The van der Waals surface area contributed by atoms with Crippen LogP contribution in [-0.4, -0.2) is 48.2 Å². The van der Waals surface area contributed by atoms with Gasteiger partial charge in [-0.15, -0.1) is 0 Å². The van der Waals surface area contributed by atoms with Crippen molar-refractivity contribution in [3.05, 3.63) is 60.2 Å². The number of fused-ring (bicyclic) bond motifs is 3. The second-order valence-corrected chi connectivity index (χ2v) is 7.88. The van der Waals surface area contributed by atoms with Crippen molar-refractivity contribution in [3.8, 4) is 5.75 Å². The van der Waals surface area contributed by atoms with Gasteiger partial charge in [0.15, 0.2) is 5.78 Å². The lowest BCUT2D eigenvalue weighted by Gasteiger charge is -2.27. The zero-order valence-electron chi connectivity index (χ0n) is 16.2. The van der Waals surface area contributed by atoms with Crippen molar-refractivity contribution in [3.63, 3.8) is 0 Å². The van der Waals surface area contributed by atoms with Crippen LogP contribution in [0.25, 0.3) is 0 Å². The molecule has 3 fully saturated rings. The smallest absolute Gasteiger partial charge is 0.239 e. The van der Waals surface area contributed by atoms with E-state index in [1.54, 1.807) is 43.5 Å². The molecule has 0 radical (unpaired) electrons. The summed E-state index contributed by atoms with van der Waals surface area (Å²) in [4.78, 5) is 43.5. The van der Waals surface area contributed by atoms with Gasteiger partial charge < -0.3 is 4.74 Å². The van der Waals surface area contributed by atoms with Crippen LogP contribution in [0.4, 0.5) is 5.69 Å². The lowest BCUT2D eigenvalue weighted by atomic mass is 9.85. The van der Waals surface area contributed by atoms with Crippen LogP contribution in [0.2, 0.25) is 0 Å². The van der Waals surface area contributed by atoms with Gasteiger partial charge in [0.05, 0.1) is 30.7 Å². The highest BCUT2D eigenvalue weighted by Crippen LogP contribution is 2.48. The third-order valence-corrected chi connectivity index (χ3v) is 6.51. The molecule has 6 nitrogen and oxygen atoms in total. The fourth-order valence-corrected chi connectivity index (χ4v) is 5.27. The maximum Gasteiger partial charge on any atom is 0.239 e. The summed E-state index contributed by atoms with van der Waals surface area (Å²) < 4.78 is 5.17. The quantitative estimate of drug-likeness (QED) is 0.593. The predicted molar refractivity (Wildman–Crippen MR) is 107 cm³/mol. The average molecular weight is 390 g/mol. The Morgan fingerprint density at radius 1 is 0.966 bits per heavy atom. The molecule has 0 spiro atoms. The highest BCUT2D eigenvalue weighted by atomic mass is 16.5. The molecule has 3 heterocycles. The minimum Gasteiger partial charge on any atom is -0.497 e. The fourth-order valence-electron chi connectivity index (χ4n) is 5.27. The van der Waals surface area contributed by atoms with E-state index in [0.29, 0.717) is 17.0 Å². The Morgan fingerprint density at radius 2 is 1.66 bits per heavy atom. The predicted octanol–water partition coefficient (Wildman–Crippen LogP) is 2.53. The molecule has 4 atom stereocenters. The molecule has 2 aromatic carbocycles. The van der Waals surface area contributed by atoms with Crippen LogP contribution in [0, 0.1) is 11.8 Å². The van der Waals surface area contributed by atoms with Crippen LogP contribution in [-0.2, 0) is 9.59 Å². The van der Waals surface area contributed by atoms with Gasteiger partial charge in [-0.25, -0.2) is 4.90 Å². The van der Waals surface area contributed by atoms with Gasteiger partial charge in [0, 0.05) is 11.6 Å². The van der Waals surface area contributed by atoms with Crippen molar-refractivity contribution < 1.29 is 19.1 Å². The Bertz CT molecular complexity index is 972. The molecule has 0 aromatic heterocycles. The number of imide groups is 1. The molecule has 2 aromatic rings. The van der Waals surface area contributed by atoms with Gasteiger partial charge in [-0.3, -0.25) is 19.3 Å². The number of Topliss-reactive ketones (excluding diaryl/α,β-unsaturated/α-hetero) is 1. The number of ether oxygens (including phenoxy) is 1. The minimum absolute atomic E-state index is 0.0441. The van der Waals surface area contributed by atoms with Crippen LogP contribution >= 0.6 is 0 Å². The SMILES string of the molecule is COc1ccc(N2C(=O)[C@@H]3[C@H](C2=O)[C@H](C(=O)c2ccccc2)N2CCC[C@H]32)cc1. The molecular formula is C23H22N2O4. The van der Waals surface area contributed by atoms with Crippen molar-refractivity contribution in [2.75, 3.05) is 18.6 Å². The number of hydrogen-bond acceptors (Lipinski definition) is 5. The zero-order chi connectivity index (χ0) is 20.1. The van der Waals surface area contributed by atoms with E-state index < -0.39 is 17.9 Å². The summed E-state index contributed by atoms with van der Waals surface area (Å²) in [6.07, 6.45) is 1.78. The Morgan fingerprint density at radius 3 is 2.34 bits per heavy atom. The molecule has 5 rings (SSSR count). The highest BCUT2D eigenvalue weighted by molar-refractivity contribution is 6.24. The van der Waals surface area contributed by atoms with Crippen molar-refractivity contribution >= 4 is 23.3 Å². The first-order chi connectivity index (χ1) is 14.1. The number of hydrogen-bond donors (Lipinski definition) is 0. The van der Waals surface area contributed by atoms with Crippen LogP contribution in [0.15, 0.2) is 54.6 Å². The standard InChI is InChI=1S/C23H22N2O4/c1-29-16-11-9-15(10-12-16)25-22(27)18-17-8-5-13-24(17)20(19(18)23(25)28)21(26)14-6-3-2-4-7-14/h2-4,6-7,9-12,17-20H,5,8,13H2,1H3/t17-,18+,19+,20-/m1/s1. The van der Waals surface area contributed by atoms with Gasteiger partial charge in [-0.1, -0.05) is 30.3 Å². The van der Waals surface area contributed by atoms with Gasteiger partial charge in [0.25, 0.3) is 0 Å². The van der Waals surface area contributed by atoms with Gasteiger partial charge in [0.2, 0.25) is 11.8 Å². The number of anilines is 1. The van der Waals surface area contributed by atoms with E-state index >= 15 is 0 Å². The number of nitrogens with zero attached hydrogens (tertiary/aromatic N) is 2. The number of methoxy groups -OCH3 is 1. The van der Waals surface area contributed by atoms with Crippen molar-refractivity contribution in [2.45, 2.75) is 24.9 Å². The molecule has 0 aliphatic carbocycles. The first-order valence-corrected chi connectivity index (χ1v) is 9.98. The summed E-state index contributed by atoms with van der Waals surface area (Å²) in [5.41, 5.74) is 1.12. The third-order valence-electron chi connectivity index (χ3n) is 6.51. The number of rotatable bonds is 4. The lowest BCUT2D eigenvalue weighted by Crippen LogP contribution is -2.46. The van der Waals surface area contributed by atoms with Crippen LogP contribution in [0.1, 0.15) is 23.2 Å². The van der Waals surface area contributed by atoms with E-state index in [9.17, 15) is 14.4 Å². The van der Waals surface area contributed by atoms with E-state index in [1.165, 1.54) is 4.90 Å². The molecule has 29 heavy (non-hydrogen) atoms. The lowest BCUT2D eigenvalue weighted by molar-refractivity contribution is -0.123. The molecule has 0 unspecified atom stereocenters. The Labute approximate surface area is 169 Å². The molecule has 148 valence electrons. The van der Waals surface area contributed by atoms with Gasteiger partial charge >= 0.3 is 0 Å². The number of ketones is 1. The summed E-state index contributed by atoms with van der Waals surface area (Å²) in [6, 6.07) is 15.4. The molecule has 3 aliphatic rings. The number of benzene rings is 2. The molecule has 2 amide bonds. The first kappa shape index (κ1) is 18.1. The molecule has 3 saturated heterocycles. The minimum atomic E-state index is -0.623. The molecule has 0 N–H and O–H groups in total. The first-order valence-electron chi connectivity index (χ1n) is 9.98. The van der Waals surface area contributed by atoms with Crippen LogP contribution < -0.4 is 9.64 Å². The third kappa shape index (κ3) is 2.63. The van der Waals surface area contributed by atoms with E-state index in [2.05, 4.69) is 4.90 Å². The average Bonchev–Trinajstić information content (AvgIpc) is 3.40. The Hall–Kier alpha value is -2.99. The van der Waals surface area contributed by atoms with Crippen LogP contribution in [0.3, 0.4) is 0 Å². The monoisotopic (exact) mass is 390 g/mol. The Balaban J connectivity index is 1.53. The van der Waals surface area contributed by atoms with Gasteiger partial charge in [0.1, 0.15) is 5.75 Å². The normalized spacial score (nSPS) is 28.5. The number of amides is 2. The highest BCUT2D eigenvalue weighted by Gasteiger charge is 2.64. The van der Waals surface area contributed by atoms with E-state index in [0.717, 1.165) is 19.4 Å². The second-order valence-electron chi connectivity index (χ2n) is 7.88. The molecule has 0 bridgehead atoms. The van der Waals surface area contributed by atoms with E-state index in [1.807, 2.05) is 18.2 Å². The second kappa shape index (κ2) is 6.81. The number of carbonyl (C=O) groups excluding carboxylic acids is 3. The maximum atomic E-state index is 13.4. The van der Waals surface area contributed by atoms with Crippen LogP contribution in [0.5, 0.6) is 5.75 Å². The van der Waals surface area contributed by atoms with E-state index in [4.69, 9.17) is 4.74 Å².